The first kappa shape index (κ1) is 17.0. The largest absolute Gasteiger partial charge is 0.481 e. The van der Waals surface area contributed by atoms with Crippen LogP contribution in [0, 0.1) is 16.7 Å². The minimum atomic E-state index is -1.00. The van der Waals surface area contributed by atoms with Crippen molar-refractivity contribution in [1.29, 1.82) is 0 Å². The van der Waals surface area contributed by atoms with Gasteiger partial charge in [-0.3, -0.25) is 9.59 Å². The average molecular weight is 283 g/mol. The predicted molar refractivity (Wildman–Crippen MR) is 79.4 cm³/mol. The maximum atomic E-state index is 12.1. The third-order valence-corrected chi connectivity index (χ3v) is 4.41. The molecule has 4 nitrogen and oxygen atoms in total. The molecular formula is C16H29NO3. The number of rotatable bonds is 4. The molecule has 2 unspecified atom stereocenters. The molecule has 0 spiro atoms. The Morgan fingerprint density at radius 3 is 2.15 bits per heavy atom. The monoisotopic (exact) mass is 283 g/mol. The van der Waals surface area contributed by atoms with Crippen molar-refractivity contribution in [3.63, 3.8) is 0 Å². The summed E-state index contributed by atoms with van der Waals surface area (Å²) in [5.41, 5.74) is -0.837. The Balaban J connectivity index is 2.66. The van der Waals surface area contributed by atoms with Crippen LogP contribution >= 0.6 is 0 Å². The van der Waals surface area contributed by atoms with Crippen molar-refractivity contribution in [2.24, 2.45) is 16.7 Å². The number of carboxylic acids is 1. The zero-order valence-corrected chi connectivity index (χ0v) is 13.5. The van der Waals surface area contributed by atoms with E-state index in [-0.39, 0.29) is 23.8 Å². The fourth-order valence-corrected chi connectivity index (χ4v) is 3.08. The fraction of sp³-hybridized carbons (Fsp3) is 0.875. The highest BCUT2D eigenvalue weighted by Gasteiger charge is 2.36. The van der Waals surface area contributed by atoms with Crippen LogP contribution in [0.2, 0.25) is 0 Å². The maximum Gasteiger partial charge on any atom is 0.309 e. The third-order valence-electron chi connectivity index (χ3n) is 4.41. The fourth-order valence-electron chi connectivity index (χ4n) is 3.08. The SMILES string of the molecule is CC(C)(CC(=O)NC1CCCCC1C(C)(C)C)C(=O)O. The van der Waals surface area contributed by atoms with E-state index in [1.807, 2.05) is 0 Å². The van der Waals surface area contributed by atoms with E-state index < -0.39 is 11.4 Å². The molecule has 1 amide bonds. The third kappa shape index (κ3) is 4.50. The minimum absolute atomic E-state index is 0.0374. The van der Waals surface area contributed by atoms with Crippen molar-refractivity contribution < 1.29 is 14.7 Å². The minimum Gasteiger partial charge on any atom is -0.481 e. The smallest absolute Gasteiger partial charge is 0.309 e. The van der Waals surface area contributed by atoms with Crippen molar-refractivity contribution in [2.45, 2.75) is 72.8 Å². The van der Waals surface area contributed by atoms with Crippen molar-refractivity contribution in [3.8, 4) is 0 Å². The van der Waals surface area contributed by atoms with Crippen LogP contribution in [0.5, 0.6) is 0 Å². The van der Waals surface area contributed by atoms with Gasteiger partial charge in [0.2, 0.25) is 5.91 Å². The molecule has 1 aliphatic rings. The standard InChI is InChI=1S/C16H29NO3/c1-15(2,3)11-8-6-7-9-12(11)17-13(18)10-16(4,5)14(19)20/h11-12H,6-10H2,1-5H3,(H,17,18)(H,19,20). The summed E-state index contributed by atoms with van der Waals surface area (Å²) in [5, 5.41) is 12.2. The highest BCUT2D eigenvalue weighted by atomic mass is 16.4. The Morgan fingerprint density at radius 1 is 1.10 bits per heavy atom. The molecular weight excluding hydrogens is 254 g/mol. The van der Waals surface area contributed by atoms with E-state index in [1.54, 1.807) is 13.8 Å². The summed E-state index contributed by atoms with van der Waals surface area (Å²) < 4.78 is 0. The molecule has 116 valence electrons. The first-order chi connectivity index (χ1) is 9.04. The maximum absolute atomic E-state index is 12.1. The molecule has 0 aromatic rings. The number of nitrogens with one attached hydrogen (secondary N) is 1. The number of carboxylic acid groups (broad SMARTS) is 1. The van der Waals surface area contributed by atoms with Gasteiger partial charge in [-0.15, -0.1) is 0 Å². The molecule has 0 bridgehead atoms. The lowest BCUT2D eigenvalue weighted by Crippen LogP contribution is -2.47. The van der Waals surface area contributed by atoms with Crippen LogP contribution in [0.25, 0.3) is 0 Å². The molecule has 0 radical (unpaired) electrons. The van der Waals surface area contributed by atoms with Crippen LogP contribution in [0.3, 0.4) is 0 Å². The van der Waals surface area contributed by atoms with Crippen LogP contribution in [0.15, 0.2) is 0 Å². The first-order valence-corrected chi connectivity index (χ1v) is 7.57. The van der Waals surface area contributed by atoms with Crippen LogP contribution in [0.1, 0.15) is 66.7 Å². The van der Waals surface area contributed by atoms with Gasteiger partial charge in [-0.2, -0.15) is 0 Å². The van der Waals surface area contributed by atoms with E-state index in [0.717, 1.165) is 19.3 Å². The van der Waals surface area contributed by atoms with E-state index in [4.69, 9.17) is 5.11 Å². The highest BCUT2D eigenvalue weighted by molar-refractivity contribution is 5.84. The number of amides is 1. The zero-order valence-electron chi connectivity index (χ0n) is 13.5. The van der Waals surface area contributed by atoms with Gasteiger partial charge in [-0.1, -0.05) is 33.6 Å². The molecule has 2 atom stereocenters. The highest BCUT2D eigenvalue weighted by Crippen LogP contribution is 2.38. The molecule has 0 aromatic carbocycles. The Kier molecular flexibility index (Phi) is 5.22. The lowest BCUT2D eigenvalue weighted by molar-refractivity contribution is -0.149. The lowest BCUT2D eigenvalue weighted by Gasteiger charge is -2.41. The van der Waals surface area contributed by atoms with Crippen LogP contribution in [-0.4, -0.2) is 23.0 Å². The zero-order chi connectivity index (χ0) is 15.6. The Morgan fingerprint density at radius 2 is 1.65 bits per heavy atom. The predicted octanol–water partition coefficient (Wildman–Crippen LogP) is 3.21. The van der Waals surface area contributed by atoms with E-state index >= 15 is 0 Å². The van der Waals surface area contributed by atoms with E-state index in [2.05, 4.69) is 26.1 Å². The van der Waals surface area contributed by atoms with Gasteiger partial charge in [0.1, 0.15) is 0 Å². The molecule has 1 fully saturated rings. The Hall–Kier alpha value is -1.06. The van der Waals surface area contributed by atoms with Crippen LogP contribution < -0.4 is 5.32 Å². The molecule has 1 aliphatic carbocycles. The summed E-state index contributed by atoms with van der Waals surface area (Å²) in [6.07, 6.45) is 4.53. The second kappa shape index (κ2) is 6.15. The second-order valence-electron chi connectivity index (χ2n) is 7.80. The van der Waals surface area contributed by atoms with Crippen molar-refractivity contribution >= 4 is 11.9 Å². The van der Waals surface area contributed by atoms with Crippen LogP contribution in [0.4, 0.5) is 0 Å². The van der Waals surface area contributed by atoms with Gasteiger partial charge in [0, 0.05) is 12.5 Å². The molecule has 0 saturated heterocycles. The lowest BCUT2D eigenvalue weighted by atomic mass is 9.69. The average Bonchev–Trinajstić information content (AvgIpc) is 2.26. The van der Waals surface area contributed by atoms with Crippen molar-refractivity contribution in [2.75, 3.05) is 0 Å². The summed E-state index contributed by atoms with van der Waals surface area (Å²) in [4.78, 5) is 23.2. The first-order valence-electron chi connectivity index (χ1n) is 7.57. The van der Waals surface area contributed by atoms with E-state index in [9.17, 15) is 9.59 Å². The number of hydrogen-bond donors (Lipinski definition) is 2. The summed E-state index contributed by atoms with van der Waals surface area (Å²) in [6.45, 7) is 9.82. The quantitative estimate of drug-likeness (QED) is 0.832. The van der Waals surface area contributed by atoms with E-state index in [0.29, 0.717) is 5.92 Å². The topological polar surface area (TPSA) is 66.4 Å². The van der Waals surface area contributed by atoms with Gasteiger partial charge in [0.05, 0.1) is 5.41 Å². The van der Waals surface area contributed by atoms with Gasteiger partial charge in [-0.05, 0) is 38.0 Å². The van der Waals surface area contributed by atoms with E-state index in [1.165, 1.54) is 6.42 Å². The van der Waals surface area contributed by atoms with Crippen molar-refractivity contribution in [3.05, 3.63) is 0 Å². The molecule has 0 aromatic heterocycles. The van der Waals surface area contributed by atoms with Crippen molar-refractivity contribution in [1.82, 2.24) is 5.32 Å². The number of aliphatic carboxylic acids is 1. The Labute approximate surface area is 122 Å². The van der Waals surface area contributed by atoms with Gasteiger partial charge in [-0.25, -0.2) is 0 Å². The summed E-state index contributed by atoms with van der Waals surface area (Å²) in [6, 6.07) is 0.181. The number of carbonyl (C=O) groups is 2. The molecule has 2 N–H and O–H groups in total. The Bertz CT molecular complexity index is 368. The molecule has 0 heterocycles. The van der Waals surface area contributed by atoms with Gasteiger partial charge in [0.25, 0.3) is 0 Å². The normalized spacial score (nSPS) is 24.2. The summed E-state index contributed by atoms with van der Waals surface area (Å²) in [7, 11) is 0. The second-order valence-corrected chi connectivity index (χ2v) is 7.80. The molecule has 4 heteroatoms. The summed E-state index contributed by atoms with van der Waals surface area (Å²) >= 11 is 0. The summed E-state index contributed by atoms with van der Waals surface area (Å²) in [5.74, 6) is -0.602. The number of hydrogen-bond acceptors (Lipinski definition) is 2. The van der Waals surface area contributed by atoms with Gasteiger partial charge >= 0.3 is 5.97 Å². The molecule has 1 saturated carbocycles. The van der Waals surface area contributed by atoms with Gasteiger partial charge < -0.3 is 10.4 Å². The molecule has 0 aliphatic heterocycles. The molecule has 20 heavy (non-hydrogen) atoms. The van der Waals surface area contributed by atoms with Crippen LogP contribution in [-0.2, 0) is 9.59 Å². The number of carbonyl (C=O) groups excluding carboxylic acids is 1. The molecule has 1 rings (SSSR count). The van der Waals surface area contributed by atoms with Gasteiger partial charge in [0.15, 0.2) is 0 Å².